The lowest BCUT2D eigenvalue weighted by atomic mass is 10.1. The highest BCUT2D eigenvalue weighted by Crippen LogP contribution is 2.31. The summed E-state index contributed by atoms with van der Waals surface area (Å²) in [7, 11) is -3.73. The molecule has 0 spiro atoms. The number of nitrogens with zero attached hydrogens (tertiary/aromatic N) is 1. The van der Waals surface area contributed by atoms with Crippen LogP contribution in [0, 0.1) is 0 Å². The van der Waals surface area contributed by atoms with E-state index >= 15 is 0 Å². The molecule has 1 amide bonds. The summed E-state index contributed by atoms with van der Waals surface area (Å²) in [6.45, 7) is 7.22. The van der Waals surface area contributed by atoms with Gasteiger partial charge < -0.3 is 14.4 Å². The third-order valence-corrected chi connectivity index (χ3v) is 6.49. The van der Waals surface area contributed by atoms with Crippen LogP contribution in [-0.2, 0) is 14.8 Å². The zero-order valence-corrected chi connectivity index (χ0v) is 18.4. The zero-order chi connectivity index (χ0) is 21.7. The van der Waals surface area contributed by atoms with Crippen molar-refractivity contribution in [3.8, 4) is 11.5 Å². The average Bonchev–Trinajstić information content (AvgIpc) is 3.15. The van der Waals surface area contributed by atoms with Crippen LogP contribution in [-0.4, -0.2) is 34.1 Å². The standard InChI is InChI=1S/C22H28N2O5S/c1-4-28-20-13-8-17(15-21(20)29-5-2)16(3)23-30(26,27)19-11-9-18(10-12-19)24-14-6-7-22(24)25/h8-13,15-16,23H,4-7,14H2,1-3H3. The first-order chi connectivity index (χ1) is 14.4. The molecule has 8 heteroatoms. The maximum absolute atomic E-state index is 12.8. The summed E-state index contributed by atoms with van der Waals surface area (Å²) in [5.41, 5.74) is 1.49. The maximum Gasteiger partial charge on any atom is 0.241 e. The molecule has 1 saturated heterocycles. The van der Waals surface area contributed by atoms with Crippen molar-refractivity contribution in [2.24, 2.45) is 0 Å². The SMILES string of the molecule is CCOc1ccc(C(C)NS(=O)(=O)c2ccc(N3CCCC3=O)cc2)cc1OCC. The summed E-state index contributed by atoms with van der Waals surface area (Å²) in [6.07, 6.45) is 1.36. The first kappa shape index (κ1) is 22.1. The van der Waals surface area contributed by atoms with Gasteiger partial charge in [0.25, 0.3) is 0 Å². The highest BCUT2D eigenvalue weighted by atomic mass is 32.2. The fourth-order valence-electron chi connectivity index (χ4n) is 3.43. The summed E-state index contributed by atoms with van der Waals surface area (Å²) < 4.78 is 39.6. The van der Waals surface area contributed by atoms with E-state index < -0.39 is 16.1 Å². The minimum Gasteiger partial charge on any atom is -0.490 e. The van der Waals surface area contributed by atoms with Crippen LogP contribution in [0.4, 0.5) is 5.69 Å². The van der Waals surface area contributed by atoms with Crippen molar-refractivity contribution in [2.45, 2.75) is 44.6 Å². The topological polar surface area (TPSA) is 84.9 Å². The number of benzene rings is 2. The summed E-state index contributed by atoms with van der Waals surface area (Å²) in [4.78, 5) is 13.7. The minimum atomic E-state index is -3.73. The number of ether oxygens (including phenoxy) is 2. The highest BCUT2D eigenvalue weighted by Gasteiger charge is 2.23. The summed E-state index contributed by atoms with van der Waals surface area (Å²) in [6, 6.07) is 11.3. The molecule has 0 radical (unpaired) electrons. The smallest absolute Gasteiger partial charge is 0.241 e. The van der Waals surface area contributed by atoms with Crippen molar-refractivity contribution in [1.82, 2.24) is 4.72 Å². The Morgan fingerprint density at radius 1 is 1.03 bits per heavy atom. The number of sulfonamides is 1. The molecule has 1 N–H and O–H groups in total. The minimum absolute atomic E-state index is 0.0676. The predicted octanol–water partition coefficient (Wildman–Crippen LogP) is 3.65. The van der Waals surface area contributed by atoms with Gasteiger partial charge in [0.05, 0.1) is 18.1 Å². The van der Waals surface area contributed by atoms with E-state index in [1.54, 1.807) is 36.1 Å². The van der Waals surface area contributed by atoms with E-state index in [0.717, 1.165) is 17.7 Å². The lowest BCUT2D eigenvalue weighted by molar-refractivity contribution is -0.117. The molecule has 2 aromatic rings. The van der Waals surface area contributed by atoms with Crippen LogP contribution in [0.15, 0.2) is 47.4 Å². The Labute approximate surface area is 178 Å². The number of rotatable bonds is 9. The first-order valence-corrected chi connectivity index (χ1v) is 11.7. The first-order valence-electron chi connectivity index (χ1n) is 10.2. The Bertz CT molecular complexity index is 989. The van der Waals surface area contributed by atoms with E-state index in [1.807, 2.05) is 19.9 Å². The van der Waals surface area contributed by atoms with Crippen LogP contribution in [0.25, 0.3) is 0 Å². The van der Waals surface area contributed by atoms with Crippen molar-refractivity contribution in [3.63, 3.8) is 0 Å². The number of hydrogen-bond acceptors (Lipinski definition) is 5. The van der Waals surface area contributed by atoms with Gasteiger partial charge in [-0.2, -0.15) is 0 Å². The van der Waals surface area contributed by atoms with Crippen molar-refractivity contribution >= 4 is 21.6 Å². The van der Waals surface area contributed by atoms with Crippen LogP contribution in [0.3, 0.4) is 0 Å². The molecule has 0 aromatic heterocycles. The van der Waals surface area contributed by atoms with E-state index in [9.17, 15) is 13.2 Å². The molecule has 2 aromatic carbocycles. The Morgan fingerprint density at radius 3 is 2.30 bits per heavy atom. The van der Waals surface area contributed by atoms with E-state index in [-0.39, 0.29) is 10.8 Å². The lowest BCUT2D eigenvalue weighted by Crippen LogP contribution is -2.27. The van der Waals surface area contributed by atoms with Gasteiger partial charge in [0.15, 0.2) is 11.5 Å². The third-order valence-electron chi connectivity index (χ3n) is 4.93. The quantitative estimate of drug-likeness (QED) is 0.654. The fourth-order valence-corrected chi connectivity index (χ4v) is 4.66. The summed E-state index contributed by atoms with van der Waals surface area (Å²) in [5.74, 6) is 1.28. The van der Waals surface area contributed by atoms with E-state index in [2.05, 4.69) is 4.72 Å². The van der Waals surface area contributed by atoms with Gasteiger partial charge in [0, 0.05) is 24.7 Å². The van der Waals surface area contributed by atoms with Crippen LogP contribution in [0.1, 0.15) is 45.2 Å². The molecule has 1 aliphatic rings. The van der Waals surface area contributed by atoms with Crippen LogP contribution in [0.5, 0.6) is 11.5 Å². The zero-order valence-electron chi connectivity index (χ0n) is 17.6. The Balaban J connectivity index is 1.76. The van der Waals surface area contributed by atoms with Gasteiger partial charge in [0.1, 0.15) is 0 Å². The number of carbonyl (C=O) groups is 1. The molecule has 1 aliphatic heterocycles. The van der Waals surface area contributed by atoms with Gasteiger partial charge in [-0.1, -0.05) is 6.07 Å². The van der Waals surface area contributed by atoms with Gasteiger partial charge >= 0.3 is 0 Å². The molecule has 0 aliphatic carbocycles. The van der Waals surface area contributed by atoms with Crippen LogP contribution >= 0.6 is 0 Å². The van der Waals surface area contributed by atoms with Crippen LogP contribution in [0.2, 0.25) is 0 Å². The van der Waals surface area contributed by atoms with Crippen molar-refractivity contribution in [3.05, 3.63) is 48.0 Å². The van der Waals surface area contributed by atoms with Gasteiger partial charge in [-0.05, 0) is 69.2 Å². The lowest BCUT2D eigenvalue weighted by Gasteiger charge is -2.19. The molecule has 1 unspecified atom stereocenters. The number of carbonyl (C=O) groups excluding carboxylic acids is 1. The summed E-state index contributed by atoms with van der Waals surface area (Å²) >= 11 is 0. The largest absolute Gasteiger partial charge is 0.490 e. The normalized spacial score (nSPS) is 15.3. The number of hydrogen-bond donors (Lipinski definition) is 1. The maximum atomic E-state index is 12.8. The predicted molar refractivity (Wildman–Crippen MR) is 116 cm³/mol. The molecule has 162 valence electrons. The Kier molecular flexibility index (Phi) is 6.99. The molecule has 0 saturated carbocycles. The van der Waals surface area contributed by atoms with Crippen molar-refractivity contribution in [1.29, 1.82) is 0 Å². The van der Waals surface area contributed by atoms with Crippen LogP contribution < -0.4 is 19.1 Å². The molecule has 3 rings (SSSR count). The number of nitrogens with one attached hydrogen (secondary N) is 1. The van der Waals surface area contributed by atoms with Gasteiger partial charge in [-0.3, -0.25) is 4.79 Å². The molecule has 1 heterocycles. The highest BCUT2D eigenvalue weighted by molar-refractivity contribution is 7.89. The van der Waals surface area contributed by atoms with Gasteiger partial charge in [-0.15, -0.1) is 0 Å². The van der Waals surface area contributed by atoms with Gasteiger partial charge in [0.2, 0.25) is 15.9 Å². The summed E-state index contributed by atoms with van der Waals surface area (Å²) in [5, 5.41) is 0. The van der Waals surface area contributed by atoms with Gasteiger partial charge in [-0.25, -0.2) is 13.1 Å². The molecule has 1 fully saturated rings. The average molecular weight is 433 g/mol. The molecule has 1 atom stereocenters. The molecule has 30 heavy (non-hydrogen) atoms. The second-order valence-electron chi connectivity index (χ2n) is 7.06. The Morgan fingerprint density at radius 2 is 1.70 bits per heavy atom. The second kappa shape index (κ2) is 9.49. The van der Waals surface area contributed by atoms with E-state index in [1.165, 1.54) is 12.1 Å². The van der Waals surface area contributed by atoms with Crippen molar-refractivity contribution in [2.75, 3.05) is 24.7 Å². The molecule has 7 nitrogen and oxygen atoms in total. The number of anilines is 1. The van der Waals surface area contributed by atoms with E-state index in [0.29, 0.717) is 37.7 Å². The molecular formula is C22H28N2O5S. The monoisotopic (exact) mass is 432 g/mol. The van der Waals surface area contributed by atoms with E-state index in [4.69, 9.17) is 9.47 Å². The molecule has 0 bridgehead atoms. The third kappa shape index (κ3) is 4.94. The Hall–Kier alpha value is -2.58. The fraction of sp³-hybridized carbons (Fsp3) is 0.409. The number of amides is 1. The molecular weight excluding hydrogens is 404 g/mol. The second-order valence-corrected chi connectivity index (χ2v) is 8.77. The van der Waals surface area contributed by atoms with Crippen molar-refractivity contribution < 1.29 is 22.7 Å².